The molecule has 0 N–H and O–H groups in total. The molecular formula is C46H33N. The highest BCUT2D eigenvalue weighted by Gasteiger charge is 2.15. The lowest BCUT2D eigenvalue weighted by molar-refractivity contribution is 1.28. The quantitative estimate of drug-likeness (QED) is 0.171. The molecule has 0 heterocycles. The predicted molar refractivity (Wildman–Crippen MR) is 200 cm³/mol. The number of anilines is 3. The summed E-state index contributed by atoms with van der Waals surface area (Å²) in [7, 11) is 0. The van der Waals surface area contributed by atoms with Gasteiger partial charge in [-0.2, -0.15) is 0 Å². The molecule has 1 nitrogen and oxygen atoms in total. The first-order valence-electron chi connectivity index (χ1n) is 25.3. The summed E-state index contributed by atoms with van der Waals surface area (Å²) >= 11 is 0. The van der Waals surface area contributed by atoms with Gasteiger partial charge in [-0.15, -0.1) is 0 Å². The van der Waals surface area contributed by atoms with Gasteiger partial charge in [-0.25, -0.2) is 0 Å². The lowest BCUT2D eigenvalue weighted by atomic mass is 9.99. The Bertz CT molecular complexity index is 3410. The Labute approximate surface area is 307 Å². The van der Waals surface area contributed by atoms with Gasteiger partial charge in [0, 0.05) is 17.1 Å². The van der Waals surface area contributed by atoms with E-state index >= 15 is 0 Å². The van der Waals surface area contributed by atoms with Crippen molar-refractivity contribution in [2.75, 3.05) is 4.90 Å². The van der Waals surface area contributed by atoms with Crippen molar-refractivity contribution in [3.05, 3.63) is 200 Å². The number of benzene rings is 8. The lowest BCUT2D eigenvalue weighted by Crippen LogP contribution is -2.10. The van der Waals surface area contributed by atoms with Gasteiger partial charge in [0.1, 0.15) is 0 Å². The lowest BCUT2D eigenvalue weighted by Gasteiger charge is -2.26. The number of nitrogens with zero attached hydrogens (tertiary/aromatic N) is 1. The van der Waals surface area contributed by atoms with E-state index in [4.69, 9.17) is 19.2 Å². The maximum Gasteiger partial charge on any atom is 0.0645 e. The van der Waals surface area contributed by atoms with Gasteiger partial charge >= 0.3 is 0 Å². The van der Waals surface area contributed by atoms with Crippen LogP contribution in [0.1, 0.15) is 30.2 Å². The van der Waals surface area contributed by atoms with Gasteiger partial charge < -0.3 is 4.90 Å². The van der Waals surface area contributed by atoms with Gasteiger partial charge in [0.05, 0.1) is 30.2 Å². The molecule has 8 rings (SSSR count). The smallest absolute Gasteiger partial charge is 0.0645 e. The largest absolute Gasteiger partial charge is 0.310 e. The molecular weight excluding hydrogens is 567 g/mol. The van der Waals surface area contributed by atoms with Crippen molar-refractivity contribution < 1.29 is 30.2 Å². The van der Waals surface area contributed by atoms with Crippen LogP contribution in [0, 0.1) is 0 Å². The van der Waals surface area contributed by atoms with Crippen LogP contribution in [0.2, 0.25) is 0 Å². The molecule has 0 fully saturated rings. The summed E-state index contributed by atoms with van der Waals surface area (Å²) < 4.78 is 193. The summed E-state index contributed by atoms with van der Waals surface area (Å²) in [5.74, 6) is 0. The van der Waals surface area contributed by atoms with E-state index in [0.29, 0.717) is 11.1 Å². The zero-order chi connectivity index (χ0) is 50.6. The van der Waals surface area contributed by atoms with Crippen molar-refractivity contribution in [3.63, 3.8) is 0 Å². The van der Waals surface area contributed by atoms with Crippen LogP contribution in [0.15, 0.2) is 200 Å². The average Bonchev–Trinajstić information content (AvgIpc) is 3.34. The summed E-state index contributed by atoms with van der Waals surface area (Å²) in [6.45, 7) is 0. The molecule has 222 valence electrons. The SMILES string of the molecule is [2H]c1c([2H])c([2H])c(-c2c([2H])c([2H])c(-c3c([2H])c([2H])c(N(c4cccc(-c5ccc6ccccc6c5)c4)c4c([2H])c([2H])c(-c5c([2H])c([2H])c([2H])c([2H])c5[2H])c([2H])c4[2H])c([2H])c3[2H])c([2H])c2[2H])c([2H])c1[2H]. The van der Waals surface area contributed by atoms with Gasteiger partial charge in [-0.1, -0.05) is 157 Å². The summed E-state index contributed by atoms with van der Waals surface area (Å²) in [6, 6.07) is 0.471. The topological polar surface area (TPSA) is 3.24 Å². The maximum atomic E-state index is 9.47. The van der Waals surface area contributed by atoms with Crippen LogP contribution in [0.25, 0.3) is 55.3 Å². The molecule has 0 bridgehead atoms. The maximum absolute atomic E-state index is 9.47. The van der Waals surface area contributed by atoms with Crippen molar-refractivity contribution in [2.24, 2.45) is 0 Å². The molecule has 0 aliphatic rings. The minimum Gasteiger partial charge on any atom is -0.310 e. The van der Waals surface area contributed by atoms with E-state index in [1.165, 1.54) is 6.07 Å². The highest BCUT2D eigenvalue weighted by atomic mass is 15.1. The molecule has 47 heavy (non-hydrogen) atoms. The molecule has 0 aliphatic heterocycles. The fraction of sp³-hybridized carbons (Fsp3) is 0. The standard InChI is InChI=1S/C46H33N/c1-3-10-34(11-4-1)37-18-20-38(21-19-37)40-26-30-45(31-27-40)47(44-28-24-39(25-29-44)35-12-5-2-6-13-35)46-17-9-16-42(33-46)43-23-22-36-14-7-8-15-41(36)32-43/h1-33H/i1D,2D,3D,4D,5D,6D,10D,11D,12D,13D,18D,19D,20D,21D,24D,25D,26D,27D,28D,29D,30D,31D. The van der Waals surface area contributed by atoms with Crippen molar-refractivity contribution in [2.45, 2.75) is 0 Å². The second-order valence-electron chi connectivity index (χ2n) is 10.1. The highest BCUT2D eigenvalue weighted by molar-refractivity contribution is 5.89. The first-order valence-corrected chi connectivity index (χ1v) is 14.3. The van der Waals surface area contributed by atoms with E-state index in [0.717, 1.165) is 15.7 Å². The Morgan fingerprint density at radius 1 is 0.298 bits per heavy atom. The molecule has 8 aromatic carbocycles. The Hall–Kier alpha value is -6.18. The zero-order valence-electron chi connectivity index (χ0n) is 46.3. The molecule has 0 aliphatic carbocycles. The molecule has 0 saturated carbocycles. The van der Waals surface area contributed by atoms with E-state index in [9.17, 15) is 11.0 Å². The summed E-state index contributed by atoms with van der Waals surface area (Å²) in [5, 5.41) is 1.79. The van der Waals surface area contributed by atoms with E-state index in [1.807, 2.05) is 42.5 Å². The van der Waals surface area contributed by atoms with Gasteiger partial charge in [0.25, 0.3) is 0 Å². The molecule has 0 saturated heterocycles. The minimum absolute atomic E-state index is 0.0159. The first kappa shape index (κ1) is 13.3. The van der Waals surface area contributed by atoms with E-state index < -0.39 is 178 Å². The fourth-order valence-electron chi connectivity index (χ4n) is 4.96. The average molecular weight is 622 g/mol. The number of fused-ring (bicyclic) bond motifs is 1. The van der Waals surface area contributed by atoms with Gasteiger partial charge in [-0.05, 0) is 97.6 Å². The van der Waals surface area contributed by atoms with Crippen LogP contribution in [0.4, 0.5) is 17.1 Å². The molecule has 0 spiro atoms. The van der Waals surface area contributed by atoms with Crippen LogP contribution in [0.5, 0.6) is 0 Å². The second-order valence-corrected chi connectivity index (χ2v) is 10.1. The van der Waals surface area contributed by atoms with Gasteiger partial charge in [0.15, 0.2) is 0 Å². The molecule has 8 aromatic rings. The summed E-state index contributed by atoms with van der Waals surface area (Å²) in [5.41, 5.74) is -4.20. The molecule has 0 radical (unpaired) electrons. The second kappa shape index (κ2) is 12.7. The van der Waals surface area contributed by atoms with Crippen molar-refractivity contribution >= 4 is 27.8 Å². The molecule has 0 atom stereocenters. The predicted octanol–water partition coefficient (Wildman–Crippen LogP) is 13.0. The first-order chi connectivity index (χ1) is 32.5. The Morgan fingerprint density at radius 3 is 1.28 bits per heavy atom. The number of rotatable bonds is 7. The van der Waals surface area contributed by atoms with Crippen LogP contribution >= 0.6 is 0 Å². The molecule has 0 aromatic heterocycles. The molecule has 1 heteroatoms. The van der Waals surface area contributed by atoms with E-state index in [-0.39, 0.29) is 5.69 Å². The molecule has 0 unspecified atom stereocenters. The molecule has 0 amide bonds. The van der Waals surface area contributed by atoms with Crippen molar-refractivity contribution in [3.8, 4) is 44.5 Å². The number of hydrogen-bond donors (Lipinski definition) is 0. The van der Waals surface area contributed by atoms with Gasteiger partial charge in [-0.3, -0.25) is 0 Å². The normalized spacial score (nSPS) is 17.5. The fourth-order valence-corrected chi connectivity index (χ4v) is 4.96. The third kappa shape index (κ3) is 5.95. The summed E-state index contributed by atoms with van der Waals surface area (Å²) in [6.07, 6.45) is 0. The van der Waals surface area contributed by atoms with Gasteiger partial charge in [0.2, 0.25) is 0 Å². The number of hydrogen-bond acceptors (Lipinski definition) is 1. The monoisotopic (exact) mass is 621 g/mol. The Kier molecular flexibility index (Phi) is 3.58. The van der Waals surface area contributed by atoms with E-state index in [2.05, 4.69) is 0 Å². The highest BCUT2D eigenvalue weighted by Crippen LogP contribution is 2.39. The Morgan fingerprint density at radius 2 is 0.745 bits per heavy atom. The van der Waals surface area contributed by atoms with E-state index in [1.54, 1.807) is 18.2 Å². The minimum atomic E-state index is -0.941. The third-order valence-electron chi connectivity index (χ3n) is 7.23. The van der Waals surface area contributed by atoms with Crippen LogP contribution in [-0.4, -0.2) is 0 Å². The van der Waals surface area contributed by atoms with Crippen LogP contribution < -0.4 is 4.90 Å². The van der Waals surface area contributed by atoms with Crippen LogP contribution in [-0.2, 0) is 0 Å². The Balaban J connectivity index is 1.43. The zero-order valence-corrected chi connectivity index (χ0v) is 24.3. The van der Waals surface area contributed by atoms with Crippen molar-refractivity contribution in [1.82, 2.24) is 0 Å². The van der Waals surface area contributed by atoms with Crippen LogP contribution in [0.3, 0.4) is 0 Å². The van der Waals surface area contributed by atoms with Crippen molar-refractivity contribution in [1.29, 1.82) is 0 Å². The summed E-state index contributed by atoms with van der Waals surface area (Å²) in [4.78, 5) is 0.956. The third-order valence-corrected chi connectivity index (χ3v) is 7.23.